The summed E-state index contributed by atoms with van der Waals surface area (Å²) in [6.45, 7) is 6.29. The Hall–Kier alpha value is -1.38. The summed E-state index contributed by atoms with van der Waals surface area (Å²) in [6, 6.07) is 3.54. The third-order valence-electron chi connectivity index (χ3n) is 2.45. The highest BCUT2D eigenvalue weighted by atomic mass is 16.5. The molecular weight excluding hydrogens is 178 g/mol. The van der Waals surface area contributed by atoms with E-state index >= 15 is 0 Å². The fourth-order valence-corrected chi connectivity index (χ4v) is 1.57. The third kappa shape index (κ3) is 1.29. The van der Waals surface area contributed by atoms with Crippen molar-refractivity contribution in [3.05, 3.63) is 23.5 Å². The molecule has 14 heavy (non-hydrogen) atoms. The molecule has 0 aliphatic carbocycles. The predicted octanol–water partition coefficient (Wildman–Crippen LogP) is 1.95. The van der Waals surface area contributed by atoms with E-state index in [0.717, 1.165) is 11.4 Å². The van der Waals surface area contributed by atoms with Crippen LogP contribution in [0.2, 0.25) is 0 Å². The van der Waals surface area contributed by atoms with Crippen LogP contribution in [-0.4, -0.2) is 17.4 Å². The van der Waals surface area contributed by atoms with Crippen LogP contribution in [0.4, 0.5) is 0 Å². The van der Waals surface area contributed by atoms with E-state index in [9.17, 15) is 4.79 Å². The Balaban J connectivity index is 2.53. The van der Waals surface area contributed by atoms with Crippen molar-refractivity contribution < 1.29 is 9.53 Å². The first-order chi connectivity index (χ1) is 6.50. The van der Waals surface area contributed by atoms with Crippen molar-refractivity contribution in [1.29, 1.82) is 0 Å². The van der Waals surface area contributed by atoms with Gasteiger partial charge in [0.05, 0.1) is 12.3 Å². The second kappa shape index (κ2) is 2.80. The van der Waals surface area contributed by atoms with E-state index in [1.54, 1.807) is 6.07 Å². The van der Waals surface area contributed by atoms with Crippen LogP contribution in [-0.2, 0) is 5.41 Å². The van der Waals surface area contributed by atoms with E-state index in [1.165, 1.54) is 6.92 Å². The van der Waals surface area contributed by atoms with Gasteiger partial charge in [0, 0.05) is 12.3 Å². The molecule has 0 fully saturated rings. The van der Waals surface area contributed by atoms with Gasteiger partial charge in [-0.1, -0.05) is 13.8 Å². The summed E-state index contributed by atoms with van der Waals surface area (Å²) >= 11 is 0. The van der Waals surface area contributed by atoms with Crippen molar-refractivity contribution in [2.45, 2.75) is 26.2 Å². The number of pyridine rings is 1. The average Bonchev–Trinajstić information content (AvgIpc) is 2.42. The Labute approximate surface area is 83.1 Å². The summed E-state index contributed by atoms with van der Waals surface area (Å²) in [5.74, 6) is 0.801. The summed E-state index contributed by atoms with van der Waals surface area (Å²) in [4.78, 5) is 15.5. The van der Waals surface area contributed by atoms with Crippen LogP contribution < -0.4 is 4.74 Å². The van der Waals surface area contributed by atoms with Gasteiger partial charge in [0.25, 0.3) is 0 Å². The van der Waals surface area contributed by atoms with Crippen LogP contribution in [0.3, 0.4) is 0 Å². The molecule has 1 aromatic heterocycles. The molecule has 0 aromatic carbocycles. The molecule has 3 heteroatoms. The topological polar surface area (TPSA) is 39.2 Å². The number of hydrogen-bond acceptors (Lipinski definition) is 3. The van der Waals surface area contributed by atoms with Gasteiger partial charge in [-0.25, -0.2) is 4.98 Å². The number of rotatable bonds is 1. The Morgan fingerprint density at radius 3 is 2.86 bits per heavy atom. The first-order valence-electron chi connectivity index (χ1n) is 4.66. The van der Waals surface area contributed by atoms with Gasteiger partial charge in [-0.3, -0.25) is 4.79 Å². The lowest BCUT2D eigenvalue weighted by atomic mass is 9.91. The molecule has 0 unspecified atom stereocenters. The van der Waals surface area contributed by atoms with Gasteiger partial charge < -0.3 is 4.74 Å². The number of carbonyl (C=O) groups is 1. The van der Waals surface area contributed by atoms with E-state index in [-0.39, 0.29) is 11.2 Å². The maximum atomic E-state index is 11.2. The molecule has 0 spiro atoms. The van der Waals surface area contributed by atoms with Gasteiger partial charge in [0.15, 0.2) is 5.78 Å². The lowest BCUT2D eigenvalue weighted by molar-refractivity contribution is 0.101. The highest BCUT2D eigenvalue weighted by molar-refractivity contribution is 5.92. The summed E-state index contributed by atoms with van der Waals surface area (Å²) in [6.07, 6.45) is 0. The number of nitrogens with zero attached hydrogens (tertiary/aromatic N) is 1. The molecule has 0 saturated carbocycles. The van der Waals surface area contributed by atoms with Gasteiger partial charge in [-0.15, -0.1) is 0 Å². The number of ether oxygens (including phenoxy) is 1. The Bertz CT molecular complexity index is 396. The fraction of sp³-hybridized carbons (Fsp3) is 0.455. The maximum Gasteiger partial charge on any atom is 0.178 e. The van der Waals surface area contributed by atoms with Crippen LogP contribution in [0.1, 0.15) is 37.0 Å². The third-order valence-corrected chi connectivity index (χ3v) is 2.45. The molecular formula is C11H13NO2. The van der Waals surface area contributed by atoms with E-state index in [2.05, 4.69) is 18.8 Å². The minimum absolute atomic E-state index is 0.00417. The monoisotopic (exact) mass is 191 g/mol. The Morgan fingerprint density at radius 2 is 2.21 bits per heavy atom. The van der Waals surface area contributed by atoms with Crippen molar-refractivity contribution in [2.75, 3.05) is 6.61 Å². The number of hydrogen-bond donors (Lipinski definition) is 0. The van der Waals surface area contributed by atoms with Crippen LogP contribution in [0.25, 0.3) is 0 Å². The van der Waals surface area contributed by atoms with Crippen molar-refractivity contribution in [1.82, 2.24) is 4.98 Å². The lowest BCUT2D eigenvalue weighted by Crippen LogP contribution is -2.20. The van der Waals surface area contributed by atoms with Gasteiger partial charge >= 0.3 is 0 Å². The minimum Gasteiger partial charge on any atom is -0.491 e. The normalized spacial score (nSPS) is 17.4. The molecule has 0 atom stereocenters. The largest absolute Gasteiger partial charge is 0.491 e. The molecule has 2 rings (SSSR count). The predicted molar refractivity (Wildman–Crippen MR) is 52.8 cm³/mol. The van der Waals surface area contributed by atoms with Crippen molar-refractivity contribution in [2.24, 2.45) is 0 Å². The molecule has 0 N–H and O–H groups in total. The standard InChI is InChI=1S/C11H13NO2/c1-7(13)8-4-5-9-10(12-8)11(2,3)6-14-9/h4-5H,6H2,1-3H3. The molecule has 0 radical (unpaired) electrons. The van der Waals surface area contributed by atoms with Crippen molar-refractivity contribution in [3.8, 4) is 5.75 Å². The van der Waals surface area contributed by atoms with E-state index in [4.69, 9.17) is 4.74 Å². The molecule has 1 aliphatic rings. The van der Waals surface area contributed by atoms with Crippen LogP contribution in [0, 0.1) is 0 Å². The molecule has 0 saturated heterocycles. The zero-order chi connectivity index (χ0) is 10.3. The highest BCUT2D eigenvalue weighted by Gasteiger charge is 2.33. The van der Waals surface area contributed by atoms with Gasteiger partial charge in [0.1, 0.15) is 11.4 Å². The lowest BCUT2D eigenvalue weighted by Gasteiger charge is -2.13. The van der Waals surface area contributed by atoms with E-state index in [0.29, 0.717) is 12.3 Å². The van der Waals surface area contributed by atoms with Gasteiger partial charge in [-0.2, -0.15) is 0 Å². The number of Topliss-reactive ketones (excluding diaryl/α,β-unsaturated/α-hetero) is 1. The SMILES string of the molecule is CC(=O)c1ccc2c(n1)C(C)(C)CO2. The zero-order valence-corrected chi connectivity index (χ0v) is 8.63. The summed E-state index contributed by atoms with van der Waals surface area (Å²) in [5, 5.41) is 0. The second-order valence-electron chi connectivity index (χ2n) is 4.27. The molecule has 3 nitrogen and oxygen atoms in total. The fourth-order valence-electron chi connectivity index (χ4n) is 1.57. The molecule has 0 bridgehead atoms. The molecule has 1 aromatic rings. The Morgan fingerprint density at radius 1 is 1.50 bits per heavy atom. The highest BCUT2D eigenvalue weighted by Crippen LogP contribution is 2.36. The van der Waals surface area contributed by atoms with Crippen molar-refractivity contribution in [3.63, 3.8) is 0 Å². The maximum absolute atomic E-state index is 11.2. The second-order valence-corrected chi connectivity index (χ2v) is 4.27. The van der Waals surface area contributed by atoms with Gasteiger partial charge in [-0.05, 0) is 12.1 Å². The summed E-state index contributed by atoms with van der Waals surface area (Å²) < 4.78 is 5.47. The molecule has 0 amide bonds. The van der Waals surface area contributed by atoms with Crippen molar-refractivity contribution >= 4 is 5.78 Å². The minimum atomic E-state index is -0.0825. The molecule has 1 aliphatic heterocycles. The quantitative estimate of drug-likeness (QED) is 0.637. The zero-order valence-electron chi connectivity index (χ0n) is 8.63. The van der Waals surface area contributed by atoms with E-state index in [1.807, 2.05) is 6.07 Å². The average molecular weight is 191 g/mol. The number of ketones is 1. The Kier molecular flexibility index (Phi) is 1.84. The van der Waals surface area contributed by atoms with Crippen LogP contribution >= 0.6 is 0 Å². The van der Waals surface area contributed by atoms with Crippen LogP contribution in [0.15, 0.2) is 12.1 Å². The number of carbonyl (C=O) groups excluding carboxylic acids is 1. The summed E-state index contributed by atoms with van der Waals surface area (Å²) in [5.41, 5.74) is 1.33. The molecule has 74 valence electrons. The van der Waals surface area contributed by atoms with Crippen LogP contribution in [0.5, 0.6) is 5.75 Å². The number of aromatic nitrogens is 1. The first-order valence-corrected chi connectivity index (χ1v) is 4.66. The molecule has 2 heterocycles. The first kappa shape index (κ1) is 9.19. The number of fused-ring (bicyclic) bond motifs is 1. The van der Waals surface area contributed by atoms with Gasteiger partial charge in [0.2, 0.25) is 0 Å². The summed E-state index contributed by atoms with van der Waals surface area (Å²) in [7, 11) is 0. The smallest absolute Gasteiger partial charge is 0.178 e. The van der Waals surface area contributed by atoms with E-state index < -0.39 is 0 Å².